The van der Waals surface area contributed by atoms with E-state index in [0.717, 1.165) is 0 Å². The predicted octanol–water partition coefficient (Wildman–Crippen LogP) is 6.21. The Morgan fingerprint density at radius 1 is 0.737 bits per heavy atom. The van der Waals surface area contributed by atoms with Gasteiger partial charge in [0.25, 0.3) is 0 Å². The first-order chi connectivity index (χ1) is 8.67. The van der Waals surface area contributed by atoms with Crippen molar-refractivity contribution in [2.75, 3.05) is 0 Å². The molecule has 0 aliphatic heterocycles. The molecule has 2 unspecified atom stereocenters. The summed E-state index contributed by atoms with van der Waals surface area (Å²) >= 11 is 0. The molecule has 0 N–H and O–H groups in total. The zero-order chi connectivity index (χ0) is 15.1. The Labute approximate surface area is 122 Å². The van der Waals surface area contributed by atoms with Crippen LogP contribution >= 0.6 is 0 Å². The second kappa shape index (κ2) is 8.29. The van der Waals surface area contributed by atoms with E-state index in [9.17, 15) is 0 Å². The molecular weight excluding hydrogens is 232 g/mol. The molecule has 0 bridgehead atoms. The van der Waals surface area contributed by atoms with E-state index in [2.05, 4.69) is 55.4 Å². The maximum Gasteiger partial charge on any atom is 0.0601 e. The third kappa shape index (κ3) is 6.79. The molecule has 0 aliphatic rings. The van der Waals surface area contributed by atoms with Gasteiger partial charge in [-0.05, 0) is 37.5 Å². The predicted molar refractivity (Wildman–Crippen MR) is 86.6 cm³/mol. The second-order valence-corrected chi connectivity index (χ2v) is 7.60. The molecule has 1 heteroatoms. The highest BCUT2D eigenvalue weighted by molar-refractivity contribution is 4.81. The van der Waals surface area contributed by atoms with Gasteiger partial charge in [-0.15, -0.1) is 0 Å². The summed E-state index contributed by atoms with van der Waals surface area (Å²) in [6, 6.07) is 0. The van der Waals surface area contributed by atoms with E-state index in [4.69, 9.17) is 4.74 Å². The lowest BCUT2D eigenvalue weighted by Crippen LogP contribution is -2.38. The van der Waals surface area contributed by atoms with Gasteiger partial charge in [0.2, 0.25) is 0 Å². The summed E-state index contributed by atoms with van der Waals surface area (Å²) in [5.74, 6) is 0. The molecule has 0 aromatic carbocycles. The molecule has 2 atom stereocenters. The van der Waals surface area contributed by atoms with Crippen LogP contribution in [0.4, 0.5) is 0 Å². The molecule has 0 aliphatic carbocycles. The van der Waals surface area contributed by atoms with Crippen molar-refractivity contribution in [3.8, 4) is 0 Å². The van der Waals surface area contributed by atoms with E-state index in [-0.39, 0.29) is 10.8 Å². The van der Waals surface area contributed by atoms with Gasteiger partial charge in [0.1, 0.15) is 0 Å². The van der Waals surface area contributed by atoms with Crippen molar-refractivity contribution in [3.05, 3.63) is 0 Å². The Kier molecular flexibility index (Phi) is 8.27. The van der Waals surface area contributed by atoms with Crippen molar-refractivity contribution in [3.63, 3.8) is 0 Å². The van der Waals surface area contributed by atoms with E-state index in [0.29, 0.717) is 12.2 Å². The standard InChI is InChI=1S/C18H38O/c1-9-11-13-17(5,6)15(3)19-16(4)18(7,8)14-12-10-2/h15-16H,9-14H2,1-8H3. The third-order valence-electron chi connectivity index (χ3n) is 4.96. The molecule has 0 aromatic rings. The summed E-state index contributed by atoms with van der Waals surface area (Å²) in [5, 5.41) is 0. The van der Waals surface area contributed by atoms with Gasteiger partial charge >= 0.3 is 0 Å². The van der Waals surface area contributed by atoms with Gasteiger partial charge in [0.05, 0.1) is 12.2 Å². The van der Waals surface area contributed by atoms with Crippen LogP contribution in [0.1, 0.15) is 93.9 Å². The van der Waals surface area contributed by atoms with Gasteiger partial charge in [0, 0.05) is 0 Å². The van der Waals surface area contributed by atoms with Gasteiger partial charge in [-0.1, -0.05) is 67.2 Å². The first-order valence-electron chi connectivity index (χ1n) is 8.32. The van der Waals surface area contributed by atoms with Crippen LogP contribution in [0.15, 0.2) is 0 Å². The van der Waals surface area contributed by atoms with E-state index in [1.807, 2.05) is 0 Å². The fraction of sp³-hybridized carbons (Fsp3) is 1.00. The van der Waals surface area contributed by atoms with E-state index in [1.165, 1.54) is 38.5 Å². The molecule has 0 saturated carbocycles. The van der Waals surface area contributed by atoms with Crippen LogP contribution in [-0.2, 0) is 4.74 Å². The number of rotatable bonds is 10. The fourth-order valence-electron chi connectivity index (χ4n) is 2.35. The molecule has 0 amide bonds. The Bertz CT molecular complexity index is 206. The molecule has 0 aromatic heterocycles. The van der Waals surface area contributed by atoms with Crippen LogP contribution in [0.25, 0.3) is 0 Å². The van der Waals surface area contributed by atoms with Crippen molar-refractivity contribution in [1.82, 2.24) is 0 Å². The highest BCUT2D eigenvalue weighted by atomic mass is 16.5. The fourth-order valence-corrected chi connectivity index (χ4v) is 2.35. The largest absolute Gasteiger partial charge is 0.374 e. The number of hydrogen-bond acceptors (Lipinski definition) is 1. The van der Waals surface area contributed by atoms with E-state index in [1.54, 1.807) is 0 Å². The Balaban J connectivity index is 4.40. The average Bonchev–Trinajstić information content (AvgIpc) is 2.33. The van der Waals surface area contributed by atoms with Crippen LogP contribution in [0.5, 0.6) is 0 Å². The second-order valence-electron chi connectivity index (χ2n) is 7.60. The SMILES string of the molecule is CCCCC(C)(C)C(C)OC(C)C(C)(C)CCCC. The minimum atomic E-state index is 0.283. The van der Waals surface area contributed by atoms with Gasteiger partial charge in [-0.2, -0.15) is 0 Å². The third-order valence-corrected chi connectivity index (χ3v) is 4.96. The Morgan fingerprint density at radius 3 is 1.32 bits per heavy atom. The van der Waals surface area contributed by atoms with Crippen molar-refractivity contribution >= 4 is 0 Å². The lowest BCUT2D eigenvalue weighted by Gasteiger charge is -2.39. The van der Waals surface area contributed by atoms with E-state index >= 15 is 0 Å². The van der Waals surface area contributed by atoms with Crippen LogP contribution in [0.2, 0.25) is 0 Å². The summed E-state index contributed by atoms with van der Waals surface area (Å²) in [7, 11) is 0. The van der Waals surface area contributed by atoms with Crippen LogP contribution in [0, 0.1) is 10.8 Å². The molecule has 1 nitrogen and oxygen atoms in total. The normalized spacial score (nSPS) is 16.4. The average molecular weight is 271 g/mol. The number of unbranched alkanes of at least 4 members (excludes halogenated alkanes) is 2. The van der Waals surface area contributed by atoms with Gasteiger partial charge in [-0.3, -0.25) is 0 Å². The minimum Gasteiger partial charge on any atom is -0.374 e. The Morgan fingerprint density at radius 2 is 1.05 bits per heavy atom. The summed E-state index contributed by atoms with van der Waals surface area (Å²) < 4.78 is 6.37. The van der Waals surface area contributed by atoms with Gasteiger partial charge < -0.3 is 4.74 Å². The number of ether oxygens (including phenoxy) is 1. The van der Waals surface area contributed by atoms with Crippen molar-refractivity contribution in [2.24, 2.45) is 10.8 Å². The monoisotopic (exact) mass is 270 g/mol. The first-order valence-corrected chi connectivity index (χ1v) is 8.32. The summed E-state index contributed by atoms with van der Waals surface area (Å²) in [5.41, 5.74) is 0.566. The molecule has 116 valence electrons. The van der Waals surface area contributed by atoms with Crippen molar-refractivity contribution in [1.29, 1.82) is 0 Å². The highest BCUT2D eigenvalue weighted by Crippen LogP contribution is 2.35. The van der Waals surface area contributed by atoms with Crippen LogP contribution in [-0.4, -0.2) is 12.2 Å². The van der Waals surface area contributed by atoms with Gasteiger partial charge in [-0.25, -0.2) is 0 Å². The minimum absolute atomic E-state index is 0.283. The number of hydrogen-bond donors (Lipinski definition) is 0. The lowest BCUT2D eigenvalue weighted by atomic mass is 9.80. The molecule has 0 rings (SSSR count). The molecule has 0 heterocycles. The lowest BCUT2D eigenvalue weighted by molar-refractivity contribution is -0.102. The summed E-state index contributed by atoms with van der Waals surface area (Å²) in [6.07, 6.45) is 8.31. The van der Waals surface area contributed by atoms with Crippen LogP contribution in [0.3, 0.4) is 0 Å². The molecule has 0 saturated heterocycles. The molecular formula is C18H38O. The molecule has 0 spiro atoms. The maximum atomic E-state index is 6.37. The quantitative estimate of drug-likeness (QED) is 0.458. The Hall–Kier alpha value is -0.0400. The van der Waals surface area contributed by atoms with Crippen LogP contribution < -0.4 is 0 Å². The summed E-state index contributed by atoms with van der Waals surface area (Å²) in [4.78, 5) is 0. The smallest absolute Gasteiger partial charge is 0.0601 e. The topological polar surface area (TPSA) is 9.23 Å². The zero-order valence-corrected chi connectivity index (χ0v) is 14.8. The van der Waals surface area contributed by atoms with Crippen molar-refractivity contribution < 1.29 is 4.74 Å². The first kappa shape index (κ1) is 19.0. The molecule has 0 radical (unpaired) electrons. The van der Waals surface area contributed by atoms with Gasteiger partial charge in [0.15, 0.2) is 0 Å². The molecule has 19 heavy (non-hydrogen) atoms. The zero-order valence-electron chi connectivity index (χ0n) is 14.8. The summed E-state index contributed by atoms with van der Waals surface area (Å²) in [6.45, 7) is 18.4. The van der Waals surface area contributed by atoms with E-state index < -0.39 is 0 Å². The van der Waals surface area contributed by atoms with Crippen molar-refractivity contribution in [2.45, 2.75) is 106 Å². The highest BCUT2D eigenvalue weighted by Gasteiger charge is 2.32. The maximum absolute atomic E-state index is 6.37. The molecule has 0 fully saturated rings.